The molecule has 1 aromatic carbocycles. The van der Waals surface area contributed by atoms with Gasteiger partial charge in [-0.3, -0.25) is 0 Å². The molecule has 0 bridgehead atoms. The van der Waals surface area contributed by atoms with Crippen LogP contribution in [-0.2, 0) is 7.05 Å². The van der Waals surface area contributed by atoms with E-state index < -0.39 is 6.10 Å². The molecule has 0 saturated heterocycles. The molecule has 3 heteroatoms. The van der Waals surface area contributed by atoms with Gasteiger partial charge in [0.15, 0.2) is 0 Å². The van der Waals surface area contributed by atoms with Gasteiger partial charge in [0.2, 0.25) is 0 Å². The summed E-state index contributed by atoms with van der Waals surface area (Å²) in [5.74, 6) is 0.788. The van der Waals surface area contributed by atoms with Crippen molar-refractivity contribution in [3.8, 4) is 5.75 Å². The van der Waals surface area contributed by atoms with Crippen LogP contribution < -0.4 is 4.74 Å². The Morgan fingerprint density at radius 2 is 1.94 bits per heavy atom. The number of benzene rings is 1. The average Bonchev–Trinajstić information content (AvgIpc) is 2.74. The first-order chi connectivity index (χ1) is 8.58. The van der Waals surface area contributed by atoms with Gasteiger partial charge in [0.25, 0.3) is 0 Å². The molecule has 0 radical (unpaired) electrons. The summed E-state index contributed by atoms with van der Waals surface area (Å²) in [6, 6.07) is 11.4. The topological polar surface area (TPSA) is 34.4 Å². The number of ether oxygens (including phenoxy) is 1. The molecular weight excluding hydrogens is 226 g/mol. The summed E-state index contributed by atoms with van der Waals surface area (Å²) in [6.07, 6.45) is 1.43. The van der Waals surface area contributed by atoms with E-state index in [0.717, 1.165) is 17.0 Å². The molecule has 1 atom stereocenters. The number of hydrogen-bond acceptors (Lipinski definition) is 2. The summed E-state index contributed by atoms with van der Waals surface area (Å²) in [5, 5.41) is 10.3. The summed E-state index contributed by atoms with van der Waals surface area (Å²) < 4.78 is 7.55. The van der Waals surface area contributed by atoms with Crippen molar-refractivity contribution >= 4 is 0 Å². The number of aliphatic hydroxyl groups excluding tert-OH is 1. The molecule has 2 rings (SSSR count). The van der Waals surface area contributed by atoms with Crippen molar-refractivity contribution in [3.63, 3.8) is 0 Å². The highest BCUT2D eigenvalue weighted by Crippen LogP contribution is 2.25. The average molecular weight is 245 g/mol. The third-order valence-corrected chi connectivity index (χ3v) is 2.81. The molecule has 0 unspecified atom stereocenters. The first-order valence-corrected chi connectivity index (χ1v) is 6.14. The van der Waals surface area contributed by atoms with E-state index in [1.807, 2.05) is 68.1 Å². The summed E-state index contributed by atoms with van der Waals surface area (Å²) in [7, 11) is 1.92. The lowest BCUT2D eigenvalue weighted by molar-refractivity contribution is 0.208. The second-order valence-corrected chi connectivity index (χ2v) is 4.69. The first-order valence-electron chi connectivity index (χ1n) is 6.14. The molecule has 0 saturated carbocycles. The Kier molecular flexibility index (Phi) is 3.72. The zero-order chi connectivity index (χ0) is 13.1. The summed E-state index contributed by atoms with van der Waals surface area (Å²) >= 11 is 0. The molecule has 0 aliphatic carbocycles. The van der Waals surface area contributed by atoms with Crippen molar-refractivity contribution in [2.45, 2.75) is 26.1 Å². The van der Waals surface area contributed by atoms with Gasteiger partial charge in [0.05, 0.1) is 11.8 Å². The number of nitrogens with zero attached hydrogens (tertiary/aromatic N) is 1. The van der Waals surface area contributed by atoms with Crippen molar-refractivity contribution in [1.29, 1.82) is 0 Å². The Morgan fingerprint density at radius 3 is 2.56 bits per heavy atom. The van der Waals surface area contributed by atoms with Crippen LogP contribution in [-0.4, -0.2) is 15.8 Å². The van der Waals surface area contributed by atoms with Gasteiger partial charge in [-0.1, -0.05) is 12.1 Å². The molecule has 96 valence electrons. The Labute approximate surface area is 108 Å². The van der Waals surface area contributed by atoms with Gasteiger partial charge in [-0.05, 0) is 43.7 Å². The second-order valence-electron chi connectivity index (χ2n) is 4.69. The van der Waals surface area contributed by atoms with E-state index in [0.29, 0.717) is 0 Å². The van der Waals surface area contributed by atoms with E-state index in [1.165, 1.54) is 0 Å². The van der Waals surface area contributed by atoms with Crippen LogP contribution in [0.15, 0.2) is 42.6 Å². The third-order valence-electron chi connectivity index (χ3n) is 2.81. The molecule has 0 spiro atoms. The van der Waals surface area contributed by atoms with Crippen LogP contribution in [0.2, 0.25) is 0 Å². The highest BCUT2D eigenvalue weighted by molar-refractivity contribution is 5.33. The molecule has 2 aromatic rings. The summed E-state index contributed by atoms with van der Waals surface area (Å²) in [6.45, 7) is 3.97. The summed E-state index contributed by atoms with van der Waals surface area (Å²) in [4.78, 5) is 0. The number of aryl methyl sites for hydroxylation is 1. The molecule has 0 amide bonds. The largest absolute Gasteiger partial charge is 0.491 e. The summed E-state index contributed by atoms with van der Waals surface area (Å²) in [5.41, 5.74) is 1.71. The van der Waals surface area contributed by atoms with Gasteiger partial charge < -0.3 is 14.4 Å². The fourth-order valence-electron chi connectivity index (χ4n) is 1.96. The SMILES string of the molecule is CC(C)Oc1cccc([C@H](O)c2cccn2C)c1. The van der Waals surface area contributed by atoms with Gasteiger partial charge in [0, 0.05) is 13.2 Å². The fourth-order valence-corrected chi connectivity index (χ4v) is 1.96. The lowest BCUT2D eigenvalue weighted by Crippen LogP contribution is -2.08. The lowest BCUT2D eigenvalue weighted by atomic mass is 10.1. The van der Waals surface area contributed by atoms with Crippen LogP contribution in [0.3, 0.4) is 0 Å². The number of rotatable bonds is 4. The van der Waals surface area contributed by atoms with Crippen LogP contribution in [0.5, 0.6) is 5.75 Å². The maximum atomic E-state index is 10.3. The fraction of sp³-hybridized carbons (Fsp3) is 0.333. The monoisotopic (exact) mass is 245 g/mol. The minimum absolute atomic E-state index is 0.132. The number of aliphatic hydroxyl groups is 1. The van der Waals surface area contributed by atoms with E-state index >= 15 is 0 Å². The zero-order valence-corrected chi connectivity index (χ0v) is 11.0. The van der Waals surface area contributed by atoms with Crippen molar-refractivity contribution in [2.24, 2.45) is 7.05 Å². The molecule has 3 nitrogen and oxygen atoms in total. The molecular formula is C15H19NO2. The molecule has 1 heterocycles. The quantitative estimate of drug-likeness (QED) is 0.898. The van der Waals surface area contributed by atoms with Gasteiger partial charge in [0.1, 0.15) is 11.9 Å². The number of hydrogen-bond donors (Lipinski definition) is 1. The molecule has 0 fully saturated rings. The predicted molar refractivity (Wildman–Crippen MR) is 71.7 cm³/mol. The Bertz CT molecular complexity index is 517. The molecule has 1 N–H and O–H groups in total. The van der Waals surface area contributed by atoms with E-state index in [4.69, 9.17) is 4.74 Å². The van der Waals surface area contributed by atoms with Crippen LogP contribution in [0.4, 0.5) is 0 Å². The van der Waals surface area contributed by atoms with Crippen LogP contribution in [0.1, 0.15) is 31.2 Å². The highest BCUT2D eigenvalue weighted by atomic mass is 16.5. The van der Waals surface area contributed by atoms with Crippen molar-refractivity contribution in [1.82, 2.24) is 4.57 Å². The molecule has 0 aliphatic heterocycles. The van der Waals surface area contributed by atoms with Gasteiger partial charge in [-0.25, -0.2) is 0 Å². The first kappa shape index (κ1) is 12.7. The van der Waals surface area contributed by atoms with Crippen LogP contribution in [0, 0.1) is 0 Å². The van der Waals surface area contributed by atoms with Crippen molar-refractivity contribution < 1.29 is 9.84 Å². The molecule has 1 aromatic heterocycles. The Morgan fingerprint density at radius 1 is 1.17 bits per heavy atom. The smallest absolute Gasteiger partial charge is 0.120 e. The van der Waals surface area contributed by atoms with E-state index in [-0.39, 0.29) is 6.10 Å². The normalized spacial score (nSPS) is 12.7. The predicted octanol–water partition coefficient (Wildman–Crippen LogP) is 2.89. The van der Waals surface area contributed by atoms with Crippen LogP contribution >= 0.6 is 0 Å². The van der Waals surface area contributed by atoms with E-state index in [2.05, 4.69) is 0 Å². The standard InChI is InChI=1S/C15H19NO2/c1-11(2)18-13-7-4-6-12(10-13)15(17)14-8-5-9-16(14)3/h4-11,15,17H,1-3H3/t15-/m0/s1. The van der Waals surface area contributed by atoms with E-state index in [9.17, 15) is 5.11 Å². The van der Waals surface area contributed by atoms with Gasteiger partial charge in [-0.2, -0.15) is 0 Å². The highest BCUT2D eigenvalue weighted by Gasteiger charge is 2.13. The maximum absolute atomic E-state index is 10.3. The van der Waals surface area contributed by atoms with Gasteiger partial charge in [-0.15, -0.1) is 0 Å². The van der Waals surface area contributed by atoms with Crippen LogP contribution in [0.25, 0.3) is 0 Å². The van der Waals surface area contributed by atoms with E-state index in [1.54, 1.807) is 0 Å². The Hall–Kier alpha value is -1.74. The van der Waals surface area contributed by atoms with Crippen molar-refractivity contribution in [2.75, 3.05) is 0 Å². The molecule has 18 heavy (non-hydrogen) atoms. The minimum Gasteiger partial charge on any atom is -0.491 e. The van der Waals surface area contributed by atoms with Crippen molar-refractivity contribution in [3.05, 3.63) is 53.9 Å². The maximum Gasteiger partial charge on any atom is 0.120 e. The minimum atomic E-state index is -0.624. The zero-order valence-electron chi connectivity index (χ0n) is 11.0. The third kappa shape index (κ3) is 2.74. The lowest BCUT2D eigenvalue weighted by Gasteiger charge is -2.15. The second kappa shape index (κ2) is 5.27. The molecule has 0 aliphatic rings. The number of aromatic nitrogens is 1. The van der Waals surface area contributed by atoms with Gasteiger partial charge >= 0.3 is 0 Å². The Balaban J connectivity index is 2.25.